The Morgan fingerprint density at radius 1 is 1.00 bits per heavy atom. The molecule has 0 spiro atoms. The molecule has 2 aromatic carbocycles. The Morgan fingerprint density at radius 2 is 1.77 bits per heavy atom. The van der Waals surface area contributed by atoms with Crippen LogP contribution in [0.25, 0.3) is 0 Å². The SMILES string of the molecule is CCCCCCOc1ccc(Br)cc1C(=O)Nc1cccc(C(=O)NC(C)(C)C)c1. The highest BCUT2D eigenvalue weighted by atomic mass is 79.9. The Labute approximate surface area is 187 Å². The van der Waals surface area contributed by atoms with Crippen LogP contribution in [0.5, 0.6) is 5.75 Å². The summed E-state index contributed by atoms with van der Waals surface area (Å²) in [6, 6.07) is 12.3. The zero-order chi connectivity index (χ0) is 22.1. The number of unbranched alkanes of at least 4 members (excludes halogenated alkanes) is 3. The molecular weight excluding hydrogens is 444 g/mol. The Morgan fingerprint density at radius 3 is 2.47 bits per heavy atom. The molecule has 2 rings (SSSR count). The number of carbonyl (C=O) groups excluding carboxylic acids is 2. The molecule has 0 bridgehead atoms. The highest BCUT2D eigenvalue weighted by Crippen LogP contribution is 2.25. The van der Waals surface area contributed by atoms with Gasteiger partial charge in [-0.3, -0.25) is 9.59 Å². The standard InChI is InChI=1S/C24H31BrN2O3/c1-5-6-7-8-14-30-21-13-12-18(25)16-20(21)23(29)26-19-11-9-10-17(15-19)22(28)27-24(2,3)4/h9-13,15-16H,5-8,14H2,1-4H3,(H,26,29)(H,27,28). The van der Waals surface area contributed by atoms with Crippen LogP contribution in [0.15, 0.2) is 46.9 Å². The first-order chi connectivity index (χ1) is 14.2. The van der Waals surface area contributed by atoms with Crippen LogP contribution in [0.2, 0.25) is 0 Å². The van der Waals surface area contributed by atoms with Crippen LogP contribution in [0.1, 0.15) is 74.1 Å². The van der Waals surface area contributed by atoms with Crippen LogP contribution < -0.4 is 15.4 Å². The van der Waals surface area contributed by atoms with Gasteiger partial charge < -0.3 is 15.4 Å². The number of carbonyl (C=O) groups is 2. The lowest BCUT2D eigenvalue weighted by atomic mass is 10.1. The zero-order valence-corrected chi connectivity index (χ0v) is 19.8. The Hall–Kier alpha value is -2.34. The van der Waals surface area contributed by atoms with Crippen molar-refractivity contribution in [2.75, 3.05) is 11.9 Å². The molecule has 0 aliphatic heterocycles. The van der Waals surface area contributed by atoms with Crippen molar-refractivity contribution in [2.24, 2.45) is 0 Å². The summed E-state index contributed by atoms with van der Waals surface area (Å²) >= 11 is 3.42. The molecule has 6 heteroatoms. The van der Waals surface area contributed by atoms with Gasteiger partial charge in [0.2, 0.25) is 0 Å². The molecule has 0 saturated heterocycles. The van der Waals surface area contributed by atoms with Crippen LogP contribution in [-0.2, 0) is 0 Å². The second-order valence-electron chi connectivity index (χ2n) is 8.29. The summed E-state index contributed by atoms with van der Waals surface area (Å²) in [6.07, 6.45) is 4.41. The number of halogens is 1. The fourth-order valence-electron chi connectivity index (χ4n) is 2.87. The van der Waals surface area contributed by atoms with Crippen LogP contribution in [0.4, 0.5) is 5.69 Å². The molecule has 0 saturated carbocycles. The van der Waals surface area contributed by atoms with E-state index in [0.29, 0.717) is 29.2 Å². The molecule has 2 amide bonds. The van der Waals surface area contributed by atoms with Gasteiger partial charge in [-0.15, -0.1) is 0 Å². The number of amides is 2. The van der Waals surface area contributed by atoms with Crippen molar-refractivity contribution in [2.45, 2.75) is 58.9 Å². The third-order valence-corrected chi connectivity index (χ3v) is 4.81. The summed E-state index contributed by atoms with van der Waals surface area (Å²) in [6.45, 7) is 8.51. The van der Waals surface area contributed by atoms with E-state index in [2.05, 4.69) is 33.5 Å². The molecule has 0 aliphatic rings. The second-order valence-corrected chi connectivity index (χ2v) is 9.20. The quantitative estimate of drug-likeness (QED) is 0.425. The lowest BCUT2D eigenvalue weighted by Crippen LogP contribution is -2.40. The predicted molar refractivity (Wildman–Crippen MR) is 125 cm³/mol. The third-order valence-electron chi connectivity index (χ3n) is 4.31. The average Bonchev–Trinajstić information content (AvgIpc) is 2.67. The summed E-state index contributed by atoms with van der Waals surface area (Å²) in [7, 11) is 0. The fourth-order valence-corrected chi connectivity index (χ4v) is 3.23. The first-order valence-corrected chi connectivity index (χ1v) is 11.1. The van der Waals surface area contributed by atoms with E-state index in [1.165, 1.54) is 12.8 Å². The first-order valence-electron chi connectivity index (χ1n) is 10.4. The van der Waals surface area contributed by atoms with E-state index < -0.39 is 0 Å². The number of anilines is 1. The largest absolute Gasteiger partial charge is 0.493 e. The minimum absolute atomic E-state index is 0.183. The molecule has 0 aromatic heterocycles. The van der Waals surface area contributed by atoms with Gasteiger partial charge in [0.25, 0.3) is 11.8 Å². The minimum atomic E-state index is -0.337. The van der Waals surface area contributed by atoms with Gasteiger partial charge in [0.1, 0.15) is 5.75 Å². The van der Waals surface area contributed by atoms with Gasteiger partial charge >= 0.3 is 0 Å². The molecule has 0 fully saturated rings. The van der Waals surface area contributed by atoms with Gasteiger partial charge in [-0.25, -0.2) is 0 Å². The molecule has 0 unspecified atom stereocenters. The van der Waals surface area contributed by atoms with Crippen LogP contribution in [-0.4, -0.2) is 24.0 Å². The van der Waals surface area contributed by atoms with Crippen molar-refractivity contribution in [1.82, 2.24) is 5.32 Å². The number of benzene rings is 2. The van der Waals surface area contributed by atoms with Gasteiger partial charge in [-0.1, -0.05) is 48.2 Å². The van der Waals surface area contributed by atoms with Gasteiger partial charge in [0.15, 0.2) is 0 Å². The van der Waals surface area contributed by atoms with Gasteiger partial charge in [-0.2, -0.15) is 0 Å². The van der Waals surface area contributed by atoms with Crippen LogP contribution in [0.3, 0.4) is 0 Å². The summed E-state index contributed by atoms with van der Waals surface area (Å²) in [5.41, 5.74) is 1.15. The Balaban J connectivity index is 2.11. The summed E-state index contributed by atoms with van der Waals surface area (Å²) < 4.78 is 6.66. The highest BCUT2D eigenvalue weighted by Gasteiger charge is 2.17. The molecule has 2 aromatic rings. The smallest absolute Gasteiger partial charge is 0.259 e. The normalized spacial score (nSPS) is 11.1. The van der Waals surface area contributed by atoms with Crippen LogP contribution >= 0.6 is 15.9 Å². The average molecular weight is 475 g/mol. The number of nitrogens with one attached hydrogen (secondary N) is 2. The molecule has 0 atom stereocenters. The number of rotatable bonds is 9. The van der Waals surface area contributed by atoms with Crippen molar-refractivity contribution < 1.29 is 14.3 Å². The molecule has 0 radical (unpaired) electrons. The first kappa shape index (κ1) is 23.9. The van der Waals surface area contributed by atoms with Gasteiger partial charge in [0, 0.05) is 21.3 Å². The second kappa shape index (κ2) is 11.2. The topological polar surface area (TPSA) is 67.4 Å². The third kappa shape index (κ3) is 7.82. The Kier molecular flexibility index (Phi) is 8.90. The predicted octanol–water partition coefficient (Wildman–Crippen LogP) is 6.19. The molecule has 0 heterocycles. The van der Waals surface area contributed by atoms with E-state index in [4.69, 9.17) is 4.74 Å². The highest BCUT2D eigenvalue weighted by molar-refractivity contribution is 9.10. The van der Waals surface area contributed by atoms with E-state index in [1.54, 1.807) is 36.4 Å². The molecular formula is C24H31BrN2O3. The summed E-state index contributed by atoms with van der Waals surface area (Å²) in [4.78, 5) is 25.3. The van der Waals surface area contributed by atoms with Crippen molar-refractivity contribution in [3.63, 3.8) is 0 Å². The minimum Gasteiger partial charge on any atom is -0.493 e. The van der Waals surface area contributed by atoms with E-state index in [1.807, 2.05) is 26.8 Å². The molecule has 2 N–H and O–H groups in total. The monoisotopic (exact) mass is 474 g/mol. The molecule has 5 nitrogen and oxygen atoms in total. The number of ether oxygens (including phenoxy) is 1. The van der Waals surface area contributed by atoms with Crippen LogP contribution in [0, 0.1) is 0 Å². The summed E-state index contributed by atoms with van der Waals surface area (Å²) in [5, 5.41) is 5.80. The van der Waals surface area contributed by atoms with Gasteiger partial charge in [-0.05, 0) is 63.6 Å². The maximum Gasteiger partial charge on any atom is 0.259 e. The van der Waals surface area contributed by atoms with E-state index in [-0.39, 0.29) is 17.4 Å². The Bertz CT molecular complexity index is 875. The lowest BCUT2D eigenvalue weighted by molar-refractivity contribution is 0.0918. The molecule has 162 valence electrons. The lowest BCUT2D eigenvalue weighted by Gasteiger charge is -2.20. The molecule has 30 heavy (non-hydrogen) atoms. The van der Waals surface area contributed by atoms with Crippen molar-refractivity contribution in [3.05, 3.63) is 58.1 Å². The zero-order valence-electron chi connectivity index (χ0n) is 18.2. The van der Waals surface area contributed by atoms with Gasteiger partial charge in [0.05, 0.1) is 12.2 Å². The van der Waals surface area contributed by atoms with Crippen molar-refractivity contribution in [1.29, 1.82) is 0 Å². The number of hydrogen-bond donors (Lipinski definition) is 2. The summed E-state index contributed by atoms with van der Waals surface area (Å²) in [5.74, 6) is 0.0826. The maximum atomic E-state index is 12.9. The number of hydrogen-bond acceptors (Lipinski definition) is 3. The van der Waals surface area contributed by atoms with E-state index >= 15 is 0 Å². The van der Waals surface area contributed by atoms with E-state index in [9.17, 15) is 9.59 Å². The van der Waals surface area contributed by atoms with E-state index in [0.717, 1.165) is 17.3 Å². The maximum absolute atomic E-state index is 12.9. The fraction of sp³-hybridized carbons (Fsp3) is 0.417. The van der Waals surface area contributed by atoms with Crippen molar-refractivity contribution >= 4 is 33.4 Å². The van der Waals surface area contributed by atoms with Crippen molar-refractivity contribution in [3.8, 4) is 5.75 Å². The molecule has 0 aliphatic carbocycles.